The van der Waals surface area contributed by atoms with E-state index in [9.17, 15) is 4.79 Å². The van der Waals surface area contributed by atoms with Gasteiger partial charge in [-0.15, -0.1) is 12.4 Å². The fourth-order valence-electron chi connectivity index (χ4n) is 2.88. The number of ether oxygens (including phenoxy) is 1. The molecule has 3 rings (SSSR count). The van der Waals surface area contributed by atoms with Crippen molar-refractivity contribution < 1.29 is 9.53 Å². The first kappa shape index (κ1) is 17.7. The summed E-state index contributed by atoms with van der Waals surface area (Å²) in [6, 6.07) is 8.15. The molecule has 1 N–H and O–H groups in total. The van der Waals surface area contributed by atoms with Gasteiger partial charge in [-0.05, 0) is 36.7 Å². The maximum Gasteiger partial charge on any atom is 0.225 e. The van der Waals surface area contributed by atoms with E-state index in [1.54, 1.807) is 0 Å². The molecule has 0 aliphatic carbocycles. The van der Waals surface area contributed by atoms with Gasteiger partial charge in [0, 0.05) is 16.9 Å². The van der Waals surface area contributed by atoms with Crippen LogP contribution in [0.2, 0.25) is 0 Å². The van der Waals surface area contributed by atoms with Crippen LogP contribution in [0.4, 0.5) is 0 Å². The van der Waals surface area contributed by atoms with Crippen molar-refractivity contribution in [2.75, 3.05) is 32.8 Å². The van der Waals surface area contributed by atoms with Gasteiger partial charge in [-0.1, -0.05) is 35.0 Å². The van der Waals surface area contributed by atoms with Crippen LogP contribution < -0.4 is 5.32 Å². The molecule has 0 bridgehead atoms. The van der Waals surface area contributed by atoms with Crippen molar-refractivity contribution in [2.24, 2.45) is 11.8 Å². The number of hydrogen-bond acceptors (Lipinski definition) is 3. The second-order valence-corrected chi connectivity index (χ2v) is 6.82. The summed E-state index contributed by atoms with van der Waals surface area (Å²) in [7, 11) is 0. The highest BCUT2D eigenvalue weighted by Crippen LogP contribution is 2.26. The Hall–Kier alpha value is -0.620. The molecule has 1 amide bonds. The number of benzene rings is 1. The molecule has 2 saturated heterocycles. The molecule has 0 spiro atoms. The Morgan fingerprint density at radius 2 is 2.05 bits per heavy atom. The van der Waals surface area contributed by atoms with Crippen molar-refractivity contribution >= 4 is 34.2 Å². The zero-order chi connectivity index (χ0) is 14.8. The molecule has 2 unspecified atom stereocenters. The zero-order valence-electron chi connectivity index (χ0n) is 12.6. The molecule has 4 nitrogen and oxygen atoms in total. The number of amides is 1. The van der Waals surface area contributed by atoms with Crippen LogP contribution in [-0.4, -0.2) is 43.6 Å². The van der Waals surface area contributed by atoms with E-state index >= 15 is 0 Å². The van der Waals surface area contributed by atoms with Gasteiger partial charge in [-0.3, -0.25) is 4.79 Å². The summed E-state index contributed by atoms with van der Waals surface area (Å²) in [6.45, 7) is 5.96. The minimum Gasteiger partial charge on any atom is -0.370 e. The summed E-state index contributed by atoms with van der Waals surface area (Å²) in [4.78, 5) is 14.6. The lowest BCUT2D eigenvalue weighted by molar-refractivity contribution is -0.145. The molecule has 2 fully saturated rings. The molecule has 0 aromatic heterocycles. The Morgan fingerprint density at radius 1 is 1.36 bits per heavy atom. The van der Waals surface area contributed by atoms with E-state index in [0.29, 0.717) is 25.6 Å². The predicted molar refractivity (Wildman–Crippen MR) is 92.2 cm³/mol. The van der Waals surface area contributed by atoms with Crippen LogP contribution in [-0.2, 0) is 9.53 Å². The quantitative estimate of drug-likeness (QED) is 0.864. The fourth-order valence-corrected chi connectivity index (χ4v) is 3.15. The normalized spacial score (nSPS) is 23.4. The molecular weight excluding hydrogens is 368 g/mol. The van der Waals surface area contributed by atoms with E-state index < -0.39 is 0 Å². The molecule has 0 radical (unpaired) electrons. The maximum atomic E-state index is 12.6. The average Bonchev–Trinajstić information content (AvgIpc) is 2.45. The first-order chi connectivity index (χ1) is 10.1. The second-order valence-electron chi connectivity index (χ2n) is 5.90. The van der Waals surface area contributed by atoms with E-state index in [-0.39, 0.29) is 30.3 Å². The van der Waals surface area contributed by atoms with Gasteiger partial charge < -0.3 is 15.0 Å². The molecule has 1 aromatic carbocycles. The van der Waals surface area contributed by atoms with Crippen LogP contribution in [0.3, 0.4) is 0 Å². The lowest BCUT2D eigenvalue weighted by atomic mass is 9.87. The van der Waals surface area contributed by atoms with Gasteiger partial charge in [-0.25, -0.2) is 0 Å². The molecular formula is C16H22BrClN2O2. The number of carbonyl (C=O) groups is 1. The number of rotatable bonds is 3. The van der Waals surface area contributed by atoms with Crippen LogP contribution in [0.25, 0.3) is 0 Å². The van der Waals surface area contributed by atoms with E-state index in [4.69, 9.17) is 4.74 Å². The molecule has 0 saturated carbocycles. The molecule has 2 heterocycles. The zero-order valence-corrected chi connectivity index (χ0v) is 15.0. The molecule has 6 heteroatoms. The van der Waals surface area contributed by atoms with E-state index in [1.165, 1.54) is 0 Å². The summed E-state index contributed by atoms with van der Waals surface area (Å²) >= 11 is 3.44. The van der Waals surface area contributed by atoms with Crippen LogP contribution in [0.15, 0.2) is 28.7 Å². The topological polar surface area (TPSA) is 41.6 Å². The van der Waals surface area contributed by atoms with Crippen molar-refractivity contribution in [3.8, 4) is 0 Å². The molecule has 2 atom stereocenters. The van der Waals surface area contributed by atoms with Gasteiger partial charge in [0.15, 0.2) is 0 Å². The summed E-state index contributed by atoms with van der Waals surface area (Å²) < 4.78 is 6.90. The summed E-state index contributed by atoms with van der Waals surface area (Å²) in [5, 5.41) is 3.24. The minimum absolute atomic E-state index is 0. The highest BCUT2D eigenvalue weighted by atomic mass is 79.9. The Bertz CT molecular complexity index is 507. The maximum absolute atomic E-state index is 12.6. The Kier molecular flexibility index (Phi) is 6.26. The van der Waals surface area contributed by atoms with Gasteiger partial charge in [-0.2, -0.15) is 0 Å². The average molecular weight is 390 g/mol. The number of morpholine rings is 1. The van der Waals surface area contributed by atoms with Crippen LogP contribution >= 0.6 is 28.3 Å². The second kappa shape index (κ2) is 7.77. The molecule has 22 heavy (non-hydrogen) atoms. The Labute approximate surface area is 146 Å². The van der Waals surface area contributed by atoms with Crippen molar-refractivity contribution in [3.63, 3.8) is 0 Å². The van der Waals surface area contributed by atoms with E-state index in [2.05, 4.69) is 40.3 Å². The standard InChI is InChI=1S/C16H21BrN2O2.ClH/c1-11(13-8-18-9-13)16(20)19-6-7-21-15(10-19)12-2-4-14(17)5-3-12;/h2-5,11,13,15,18H,6-10H2,1H3;1H. The minimum atomic E-state index is -0.0116. The third kappa shape index (κ3) is 3.82. The number of nitrogens with one attached hydrogen (secondary N) is 1. The van der Waals surface area contributed by atoms with Crippen LogP contribution in [0.1, 0.15) is 18.6 Å². The molecule has 2 aliphatic rings. The predicted octanol–water partition coefficient (Wildman–Crippen LogP) is 2.63. The van der Waals surface area contributed by atoms with Crippen molar-refractivity contribution in [3.05, 3.63) is 34.3 Å². The summed E-state index contributed by atoms with van der Waals surface area (Å²) in [6.07, 6.45) is -0.0116. The first-order valence-electron chi connectivity index (χ1n) is 7.51. The highest BCUT2D eigenvalue weighted by molar-refractivity contribution is 9.10. The lowest BCUT2D eigenvalue weighted by Gasteiger charge is -2.38. The van der Waals surface area contributed by atoms with Gasteiger partial charge in [0.2, 0.25) is 5.91 Å². The molecule has 122 valence electrons. The van der Waals surface area contributed by atoms with Gasteiger partial charge in [0.25, 0.3) is 0 Å². The van der Waals surface area contributed by atoms with E-state index in [1.807, 2.05) is 17.0 Å². The number of hydrogen-bond donors (Lipinski definition) is 1. The Balaban J connectivity index is 0.00000176. The number of carbonyl (C=O) groups excluding carboxylic acids is 1. The number of nitrogens with zero attached hydrogens (tertiary/aromatic N) is 1. The fraction of sp³-hybridized carbons (Fsp3) is 0.562. The van der Waals surface area contributed by atoms with Gasteiger partial charge >= 0.3 is 0 Å². The largest absolute Gasteiger partial charge is 0.370 e. The third-order valence-electron chi connectivity index (χ3n) is 4.53. The van der Waals surface area contributed by atoms with Crippen molar-refractivity contribution in [2.45, 2.75) is 13.0 Å². The van der Waals surface area contributed by atoms with Gasteiger partial charge in [0.05, 0.1) is 13.2 Å². The van der Waals surface area contributed by atoms with Crippen molar-refractivity contribution in [1.82, 2.24) is 10.2 Å². The van der Waals surface area contributed by atoms with Crippen molar-refractivity contribution in [1.29, 1.82) is 0 Å². The van der Waals surface area contributed by atoms with E-state index in [0.717, 1.165) is 23.1 Å². The Morgan fingerprint density at radius 3 is 2.64 bits per heavy atom. The van der Waals surface area contributed by atoms with Gasteiger partial charge in [0.1, 0.15) is 6.10 Å². The number of halogens is 2. The highest BCUT2D eigenvalue weighted by Gasteiger charge is 2.34. The molecule has 2 aliphatic heterocycles. The monoisotopic (exact) mass is 388 g/mol. The molecule has 1 aromatic rings. The third-order valence-corrected chi connectivity index (χ3v) is 5.06. The first-order valence-corrected chi connectivity index (χ1v) is 8.31. The van der Waals surface area contributed by atoms with Crippen LogP contribution in [0, 0.1) is 11.8 Å². The smallest absolute Gasteiger partial charge is 0.225 e. The summed E-state index contributed by atoms with van der Waals surface area (Å²) in [5.74, 6) is 0.869. The van der Waals surface area contributed by atoms with Crippen LogP contribution in [0.5, 0.6) is 0 Å². The lowest BCUT2D eigenvalue weighted by Crippen LogP contribution is -2.52. The SMILES string of the molecule is CC(C(=O)N1CCOC(c2ccc(Br)cc2)C1)C1CNC1.Cl. The summed E-state index contributed by atoms with van der Waals surface area (Å²) in [5.41, 5.74) is 1.13.